The summed E-state index contributed by atoms with van der Waals surface area (Å²) >= 11 is 3.02. The van der Waals surface area contributed by atoms with Gasteiger partial charge in [0.15, 0.2) is 0 Å². The van der Waals surface area contributed by atoms with Crippen molar-refractivity contribution in [1.29, 1.82) is 0 Å². The van der Waals surface area contributed by atoms with E-state index in [1.165, 1.54) is 18.2 Å². The molecule has 1 unspecified atom stereocenters. The van der Waals surface area contributed by atoms with Crippen molar-refractivity contribution in [1.82, 2.24) is 0 Å². The first-order valence-corrected chi connectivity index (χ1v) is 6.32. The normalized spacial score (nSPS) is 11.7. The van der Waals surface area contributed by atoms with Gasteiger partial charge in [-0.3, -0.25) is 19.7 Å². The highest BCUT2D eigenvalue weighted by molar-refractivity contribution is 9.10. The molecule has 1 rings (SSSR count). The standard InChI is InChI=1S/C11H12BrN3O5/c12-7-2-1-6(5-9(7)15(19)20)14-11(18)8(13)3-4-10(16)17/h1-2,5,8H,3-4,13H2,(H,14,18)(H,16,17). The highest BCUT2D eigenvalue weighted by atomic mass is 79.9. The maximum absolute atomic E-state index is 11.7. The van der Waals surface area contributed by atoms with Gasteiger partial charge in [-0.1, -0.05) is 0 Å². The number of nitrogens with two attached hydrogens (primary N) is 1. The SMILES string of the molecule is NC(CCC(=O)O)C(=O)Nc1ccc(Br)c([N+](=O)[O-])c1. The molecule has 0 bridgehead atoms. The van der Waals surface area contributed by atoms with E-state index in [1.54, 1.807) is 0 Å². The Hall–Kier alpha value is -2.00. The number of hydrogen-bond donors (Lipinski definition) is 3. The fourth-order valence-electron chi connectivity index (χ4n) is 1.38. The molecule has 0 aliphatic heterocycles. The summed E-state index contributed by atoms with van der Waals surface area (Å²) < 4.78 is 0.288. The Morgan fingerprint density at radius 3 is 2.70 bits per heavy atom. The lowest BCUT2D eigenvalue weighted by molar-refractivity contribution is -0.385. The number of anilines is 1. The number of hydrogen-bond acceptors (Lipinski definition) is 5. The minimum absolute atomic E-state index is 0.0141. The number of carbonyl (C=O) groups is 2. The maximum Gasteiger partial charge on any atom is 0.303 e. The molecule has 0 heterocycles. The van der Waals surface area contributed by atoms with Crippen molar-refractivity contribution in [3.8, 4) is 0 Å². The van der Waals surface area contributed by atoms with Crippen molar-refractivity contribution in [3.63, 3.8) is 0 Å². The first-order valence-electron chi connectivity index (χ1n) is 5.53. The van der Waals surface area contributed by atoms with Gasteiger partial charge in [-0.2, -0.15) is 0 Å². The average molecular weight is 346 g/mol. The van der Waals surface area contributed by atoms with Gasteiger partial charge in [-0.05, 0) is 34.5 Å². The first kappa shape index (κ1) is 16.1. The minimum atomic E-state index is -1.05. The zero-order valence-electron chi connectivity index (χ0n) is 10.2. The van der Waals surface area contributed by atoms with Crippen molar-refractivity contribution in [2.24, 2.45) is 5.73 Å². The first-order chi connectivity index (χ1) is 9.31. The average Bonchev–Trinajstić information content (AvgIpc) is 2.37. The molecule has 1 amide bonds. The quantitative estimate of drug-likeness (QED) is 0.527. The van der Waals surface area contributed by atoms with Crippen LogP contribution in [0, 0.1) is 10.1 Å². The van der Waals surface area contributed by atoms with Crippen molar-refractivity contribution in [2.75, 3.05) is 5.32 Å². The van der Waals surface area contributed by atoms with Crippen LogP contribution in [0.15, 0.2) is 22.7 Å². The molecule has 0 aliphatic rings. The van der Waals surface area contributed by atoms with E-state index in [9.17, 15) is 19.7 Å². The summed E-state index contributed by atoms with van der Waals surface area (Å²) in [5.74, 6) is -1.64. The number of nitrogens with zero attached hydrogens (tertiary/aromatic N) is 1. The van der Waals surface area contributed by atoms with Crippen molar-refractivity contribution in [2.45, 2.75) is 18.9 Å². The van der Waals surface area contributed by atoms with Gasteiger partial charge in [0.2, 0.25) is 5.91 Å². The summed E-state index contributed by atoms with van der Waals surface area (Å²) in [5.41, 5.74) is 5.55. The third-order valence-electron chi connectivity index (χ3n) is 2.42. The van der Waals surface area contributed by atoms with Gasteiger partial charge in [0.05, 0.1) is 15.4 Å². The number of aliphatic carboxylic acids is 1. The molecule has 8 nitrogen and oxygen atoms in total. The van der Waals surface area contributed by atoms with Gasteiger partial charge >= 0.3 is 5.97 Å². The van der Waals surface area contributed by atoms with Gasteiger partial charge in [0, 0.05) is 18.2 Å². The molecular weight excluding hydrogens is 334 g/mol. The van der Waals surface area contributed by atoms with E-state index in [2.05, 4.69) is 21.2 Å². The number of nitrogens with one attached hydrogen (secondary N) is 1. The molecule has 1 aromatic rings. The third-order valence-corrected chi connectivity index (χ3v) is 3.09. The molecule has 0 aliphatic carbocycles. The van der Waals surface area contributed by atoms with E-state index in [1.807, 2.05) is 0 Å². The predicted octanol–water partition coefficient (Wildman–Crippen LogP) is 1.49. The highest BCUT2D eigenvalue weighted by Gasteiger charge is 2.17. The number of halogens is 1. The Morgan fingerprint density at radius 1 is 1.50 bits per heavy atom. The number of nitro benzene ring substituents is 1. The summed E-state index contributed by atoms with van der Waals surface area (Å²) in [6, 6.07) is 3.09. The summed E-state index contributed by atoms with van der Waals surface area (Å²) in [6.07, 6.45) is -0.241. The zero-order chi connectivity index (χ0) is 15.3. The van der Waals surface area contributed by atoms with Crippen LogP contribution < -0.4 is 11.1 Å². The van der Waals surface area contributed by atoms with Crippen LogP contribution in [0.2, 0.25) is 0 Å². The number of carbonyl (C=O) groups excluding carboxylic acids is 1. The van der Waals surface area contributed by atoms with Crippen LogP contribution in [0.3, 0.4) is 0 Å². The van der Waals surface area contributed by atoms with Crippen molar-refractivity contribution >= 4 is 39.2 Å². The predicted molar refractivity (Wildman–Crippen MR) is 74.3 cm³/mol. The van der Waals surface area contributed by atoms with Gasteiger partial charge in [-0.15, -0.1) is 0 Å². The second-order valence-corrected chi connectivity index (χ2v) is 4.81. The second-order valence-electron chi connectivity index (χ2n) is 3.95. The molecule has 1 aromatic carbocycles. The van der Waals surface area contributed by atoms with Crippen LogP contribution in [-0.2, 0) is 9.59 Å². The van der Waals surface area contributed by atoms with Gasteiger partial charge < -0.3 is 16.2 Å². The smallest absolute Gasteiger partial charge is 0.303 e. The molecule has 1 atom stereocenters. The van der Waals surface area contributed by atoms with Crippen LogP contribution in [0.1, 0.15) is 12.8 Å². The molecule has 0 spiro atoms. The summed E-state index contributed by atoms with van der Waals surface area (Å²) in [4.78, 5) is 32.2. The lowest BCUT2D eigenvalue weighted by Crippen LogP contribution is -2.36. The topological polar surface area (TPSA) is 136 Å². The largest absolute Gasteiger partial charge is 0.481 e. The lowest BCUT2D eigenvalue weighted by Gasteiger charge is -2.11. The molecule has 0 fully saturated rings. The Labute approximate surface area is 122 Å². The monoisotopic (exact) mass is 345 g/mol. The number of carboxylic acid groups (broad SMARTS) is 1. The second kappa shape index (κ2) is 6.96. The molecule has 0 aromatic heterocycles. The van der Waals surface area contributed by atoms with Crippen LogP contribution >= 0.6 is 15.9 Å². The summed E-state index contributed by atoms with van der Waals surface area (Å²) in [5, 5.41) is 21.6. The molecule has 108 valence electrons. The molecule has 4 N–H and O–H groups in total. The number of amides is 1. The Morgan fingerprint density at radius 2 is 2.15 bits per heavy atom. The molecule has 0 saturated heterocycles. The number of carboxylic acids is 1. The molecule has 20 heavy (non-hydrogen) atoms. The van der Waals surface area contributed by atoms with Crippen LogP contribution in [0.5, 0.6) is 0 Å². The number of nitro groups is 1. The van der Waals surface area contributed by atoms with E-state index in [0.717, 1.165) is 0 Å². The summed E-state index contributed by atoms with van der Waals surface area (Å²) in [7, 11) is 0. The molecular formula is C11H12BrN3O5. The van der Waals surface area contributed by atoms with E-state index in [0.29, 0.717) is 0 Å². The maximum atomic E-state index is 11.7. The van der Waals surface area contributed by atoms with Crippen LogP contribution in [0.4, 0.5) is 11.4 Å². The van der Waals surface area contributed by atoms with Crippen LogP contribution in [-0.4, -0.2) is 27.9 Å². The highest BCUT2D eigenvalue weighted by Crippen LogP contribution is 2.27. The summed E-state index contributed by atoms with van der Waals surface area (Å²) in [6.45, 7) is 0. The number of rotatable bonds is 6. The zero-order valence-corrected chi connectivity index (χ0v) is 11.8. The van der Waals surface area contributed by atoms with Crippen molar-refractivity contribution < 1.29 is 19.6 Å². The lowest BCUT2D eigenvalue weighted by atomic mass is 10.1. The van der Waals surface area contributed by atoms with Gasteiger partial charge in [0.25, 0.3) is 5.69 Å². The third kappa shape index (κ3) is 4.59. The Kier molecular flexibility index (Phi) is 5.59. The van der Waals surface area contributed by atoms with Crippen molar-refractivity contribution in [3.05, 3.63) is 32.8 Å². The number of benzene rings is 1. The van der Waals surface area contributed by atoms with E-state index in [-0.39, 0.29) is 28.7 Å². The van der Waals surface area contributed by atoms with E-state index < -0.39 is 22.8 Å². The van der Waals surface area contributed by atoms with E-state index >= 15 is 0 Å². The Balaban J connectivity index is 2.73. The van der Waals surface area contributed by atoms with Gasteiger partial charge in [0.1, 0.15) is 0 Å². The molecule has 0 saturated carbocycles. The van der Waals surface area contributed by atoms with E-state index in [4.69, 9.17) is 10.8 Å². The minimum Gasteiger partial charge on any atom is -0.481 e. The molecule has 0 radical (unpaired) electrons. The molecule has 9 heteroatoms. The van der Waals surface area contributed by atoms with Crippen LogP contribution in [0.25, 0.3) is 0 Å². The Bertz CT molecular complexity index is 549. The fraction of sp³-hybridized carbons (Fsp3) is 0.273. The van der Waals surface area contributed by atoms with Gasteiger partial charge in [-0.25, -0.2) is 0 Å². The fourth-order valence-corrected chi connectivity index (χ4v) is 1.77.